The van der Waals surface area contributed by atoms with Gasteiger partial charge in [0.25, 0.3) is 5.91 Å². The lowest BCUT2D eigenvalue weighted by Gasteiger charge is -2.16. The number of carbonyl (C=O) groups excluding carboxylic acids is 2. The zero-order valence-corrected chi connectivity index (χ0v) is 22.2. The van der Waals surface area contributed by atoms with Gasteiger partial charge in [0.1, 0.15) is 11.9 Å². The van der Waals surface area contributed by atoms with E-state index in [2.05, 4.69) is 10.3 Å². The molecule has 0 aliphatic heterocycles. The number of amides is 1. The quantitative estimate of drug-likeness (QED) is 0.202. The number of esters is 1. The summed E-state index contributed by atoms with van der Waals surface area (Å²) in [7, 11) is 1.18. The lowest BCUT2D eigenvalue weighted by atomic mass is 10.1. The number of nitrogens with one attached hydrogen (secondary N) is 1. The van der Waals surface area contributed by atoms with Crippen LogP contribution in [-0.4, -0.2) is 35.8 Å². The van der Waals surface area contributed by atoms with Crippen LogP contribution < -0.4 is 5.32 Å². The van der Waals surface area contributed by atoms with Crippen LogP contribution in [0, 0.1) is 35.7 Å². The number of hydrogen-bond acceptors (Lipinski definition) is 7. The molecule has 1 atom stereocenters. The van der Waals surface area contributed by atoms with Crippen molar-refractivity contribution in [1.29, 1.82) is 5.26 Å². The average Bonchev–Trinajstić information content (AvgIpc) is 3.43. The maximum atomic E-state index is 14.8. The number of oxazole rings is 1. The number of carbonyl (C=O) groups is 2. The molecular weight excluding hydrogens is 543 g/mol. The zero-order chi connectivity index (χ0) is 28.8. The topological polar surface area (TPSA) is 105 Å². The highest BCUT2D eigenvalue weighted by Crippen LogP contribution is 2.33. The fourth-order valence-corrected chi connectivity index (χ4v) is 4.73. The van der Waals surface area contributed by atoms with Gasteiger partial charge in [-0.1, -0.05) is 30.3 Å². The number of thioether (sulfide) groups is 1. The van der Waals surface area contributed by atoms with E-state index in [4.69, 9.17) is 14.4 Å². The number of halogens is 3. The summed E-state index contributed by atoms with van der Waals surface area (Å²) in [4.78, 5) is 29.9. The Balaban J connectivity index is 1.69. The van der Waals surface area contributed by atoms with Gasteiger partial charge in [-0.2, -0.15) is 17.0 Å². The second-order valence-electron chi connectivity index (χ2n) is 8.59. The fourth-order valence-electron chi connectivity index (χ4n) is 3.73. The summed E-state index contributed by atoms with van der Waals surface area (Å²) in [5.41, 5.74) is 0.118. The minimum Gasteiger partial charge on any atom is -0.467 e. The highest BCUT2D eigenvalue weighted by Gasteiger charge is 2.29. The first-order valence-corrected chi connectivity index (χ1v) is 13.0. The van der Waals surface area contributed by atoms with Crippen LogP contribution in [0.3, 0.4) is 0 Å². The molecule has 1 aromatic heterocycles. The maximum absolute atomic E-state index is 14.8. The Morgan fingerprint density at radius 2 is 1.80 bits per heavy atom. The number of methoxy groups -OCH3 is 1. The largest absolute Gasteiger partial charge is 0.467 e. The summed E-state index contributed by atoms with van der Waals surface area (Å²) >= 11 is 1.39. The van der Waals surface area contributed by atoms with Crippen molar-refractivity contribution in [3.05, 3.63) is 100 Å². The molecule has 0 aliphatic rings. The van der Waals surface area contributed by atoms with Gasteiger partial charge in [0.05, 0.1) is 24.3 Å². The molecular formula is C29H22F3N3O4S. The molecule has 7 nitrogen and oxygen atoms in total. The van der Waals surface area contributed by atoms with Gasteiger partial charge < -0.3 is 14.5 Å². The van der Waals surface area contributed by atoms with Gasteiger partial charge in [-0.25, -0.2) is 22.9 Å². The van der Waals surface area contributed by atoms with E-state index >= 15 is 0 Å². The second kappa shape index (κ2) is 12.5. The SMILES string of the molecule is COC(=O)C(CSCc1ccccc1)NC(=O)c1nc(-c2cc(F)c(C)c(F)c2F)oc1-c1ccc(C#N)cc1. The minimum absolute atomic E-state index is 0.154. The smallest absolute Gasteiger partial charge is 0.329 e. The van der Waals surface area contributed by atoms with Gasteiger partial charge in [0.15, 0.2) is 23.1 Å². The molecule has 0 spiro atoms. The zero-order valence-electron chi connectivity index (χ0n) is 21.3. The number of nitriles is 1. The number of hydrogen-bond donors (Lipinski definition) is 1. The molecule has 40 heavy (non-hydrogen) atoms. The van der Waals surface area contributed by atoms with Crippen molar-refractivity contribution in [2.75, 3.05) is 12.9 Å². The molecule has 204 valence electrons. The Morgan fingerprint density at radius 3 is 2.45 bits per heavy atom. The molecule has 0 saturated heterocycles. The van der Waals surface area contributed by atoms with Crippen molar-refractivity contribution in [2.45, 2.75) is 18.7 Å². The molecule has 0 aliphatic carbocycles. The third-order valence-corrected chi connectivity index (χ3v) is 7.03. The van der Waals surface area contributed by atoms with Crippen molar-refractivity contribution in [3.8, 4) is 28.8 Å². The number of ether oxygens (including phenoxy) is 1. The predicted octanol–water partition coefficient (Wildman–Crippen LogP) is 5.81. The van der Waals surface area contributed by atoms with Gasteiger partial charge in [0, 0.05) is 22.6 Å². The molecule has 0 bridgehead atoms. The van der Waals surface area contributed by atoms with Crippen molar-refractivity contribution >= 4 is 23.6 Å². The second-order valence-corrected chi connectivity index (χ2v) is 9.63. The summed E-state index contributed by atoms with van der Waals surface area (Å²) in [6.07, 6.45) is 0. The summed E-state index contributed by atoms with van der Waals surface area (Å²) < 4.78 is 53.9. The first kappa shape index (κ1) is 28.4. The molecule has 0 fully saturated rings. The van der Waals surface area contributed by atoms with E-state index in [0.717, 1.165) is 18.6 Å². The molecule has 1 N–H and O–H groups in total. The van der Waals surface area contributed by atoms with Crippen LogP contribution in [0.5, 0.6) is 0 Å². The standard InChI is InChI=1S/C29H22F3N3O4S/c1-16-21(30)12-20(24(32)23(16)31)28-35-25(26(39-28)19-10-8-17(13-33)9-11-19)27(36)34-22(29(37)38-2)15-40-14-18-6-4-3-5-7-18/h3-12,22H,14-15H2,1-2H3,(H,34,36). The molecule has 0 saturated carbocycles. The Kier molecular flexibility index (Phi) is 8.91. The number of nitrogens with zero attached hydrogens (tertiary/aromatic N) is 2. The van der Waals surface area contributed by atoms with Crippen LogP contribution in [0.1, 0.15) is 27.2 Å². The first-order chi connectivity index (χ1) is 19.2. The van der Waals surface area contributed by atoms with E-state index in [9.17, 15) is 22.8 Å². The van der Waals surface area contributed by atoms with Crippen LogP contribution >= 0.6 is 11.8 Å². The third-order valence-electron chi connectivity index (χ3n) is 5.92. The fraction of sp³-hybridized carbons (Fsp3) is 0.172. The molecule has 4 aromatic rings. The van der Waals surface area contributed by atoms with Crippen molar-refractivity contribution in [1.82, 2.24) is 10.3 Å². The van der Waals surface area contributed by atoms with Crippen LogP contribution in [0.4, 0.5) is 13.2 Å². The molecule has 11 heteroatoms. The monoisotopic (exact) mass is 565 g/mol. The highest BCUT2D eigenvalue weighted by molar-refractivity contribution is 7.98. The van der Waals surface area contributed by atoms with E-state index in [-0.39, 0.29) is 22.8 Å². The van der Waals surface area contributed by atoms with Gasteiger partial charge in [-0.3, -0.25) is 4.79 Å². The van der Waals surface area contributed by atoms with E-state index in [1.807, 2.05) is 36.4 Å². The molecule has 0 radical (unpaired) electrons. The lowest BCUT2D eigenvalue weighted by molar-refractivity contribution is -0.142. The van der Waals surface area contributed by atoms with Crippen molar-refractivity contribution < 1.29 is 31.9 Å². The first-order valence-electron chi connectivity index (χ1n) is 11.9. The maximum Gasteiger partial charge on any atom is 0.329 e. The summed E-state index contributed by atoms with van der Waals surface area (Å²) in [5.74, 6) is -5.38. The van der Waals surface area contributed by atoms with Crippen molar-refractivity contribution in [2.24, 2.45) is 0 Å². The predicted molar refractivity (Wildman–Crippen MR) is 143 cm³/mol. The molecule has 1 heterocycles. The molecule has 4 rings (SSSR count). The minimum atomic E-state index is -1.42. The van der Waals surface area contributed by atoms with Crippen LogP contribution in [0.2, 0.25) is 0 Å². The average molecular weight is 566 g/mol. The number of aromatic nitrogens is 1. The summed E-state index contributed by atoms with van der Waals surface area (Å²) in [6, 6.07) is 17.0. The molecule has 1 amide bonds. The Hall–Kier alpha value is -4.56. The normalized spacial score (nSPS) is 11.5. The Labute approximate surface area is 232 Å². The molecule has 3 aromatic carbocycles. The van der Waals surface area contributed by atoms with Gasteiger partial charge >= 0.3 is 5.97 Å². The molecule has 1 unspecified atom stereocenters. The number of benzene rings is 3. The summed E-state index contributed by atoms with van der Waals surface area (Å²) in [6.45, 7) is 1.08. The van der Waals surface area contributed by atoms with E-state index in [1.54, 1.807) is 0 Å². The van der Waals surface area contributed by atoms with E-state index in [0.29, 0.717) is 11.3 Å². The van der Waals surface area contributed by atoms with Crippen molar-refractivity contribution in [3.63, 3.8) is 0 Å². The Morgan fingerprint density at radius 1 is 1.10 bits per heavy atom. The van der Waals surface area contributed by atoms with E-state index in [1.165, 1.54) is 43.1 Å². The van der Waals surface area contributed by atoms with Crippen LogP contribution in [0.25, 0.3) is 22.8 Å². The Bertz CT molecular complexity index is 1590. The van der Waals surface area contributed by atoms with Gasteiger partial charge in [-0.05, 0) is 42.8 Å². The van der Waals surface area contributed by atoms with Gasteiger partial charge in [-0.15, -0.1) is 0 Å². The van der Waals surface area contributed by atoms with E-state index < -0.39 is 52.4 Å². The third kappa shape index (κ3) is 6.18. The summed E-state index contributed by atoms with van der Waals surface area (Å²) in [5, 5.41) is 11.7. The van der Waals surface area contributed by atoms with Crippen LogP contribution in [0.15, 0.2) is 65.1 Å². The van der Waals surface area contributed by atoms with Crippen LogP contribution in [-0.2, 0) is 15.3 Å². The lowest BCUT2D eigenvalue weighted by Crippen LogP contribution is -2.43. The van der Waals surface area contributed by atoms with Gasteiger partial charge in [0.2, 0.25) is 5.89 Å². The highest BCUT2D eigenvalue weighted by atomic mass is 32.2. The number of rotatable bonds is 9.